The monoisotopic (exact) mass is 401 g/mol. The van der Waals surface area contributed by atoms with Gasteiger partial charge in [0.2, 0.25) is 0 Å². The lowest BCUT2D eigenvalue weighted by Gasteiger charge is -2.13. The fourth-order valence-corrected chi connectivity index (χ4v) is 3.15. The number of hydrazine groups is 1. The van der Waals surface area contributed by atoms with Crippen molar-refractivity contribution in [2.75, 3.05) is 0 Å². The van der Waals surface area contributed by atoms with E-state index in [0.717, 1.165) is 5.39 Å². The zero-order valence-electron chi connectivity index (χ0n) is 16.4. The van der Waals surface area contributed by atoms with Crippen LogP contribution in [-0.4, -0.2) is 26.6 Å². The number of pyridine rings is 1. The summed E-state index contributed by atoms with van der Waals surface area (Å²) in [5, 5.41) is 5.92. The molecule has 0 fully saturated rings. The standard InChI is InChI=1S/C22H19N5O3/c1-13(2)27-22(30)16-9-5-4-8-15(16)19(26-27)21(29)25-24-20(28)18-12-11-14-7-3-6-10-17(14)23-18/h3-13H,1-2H3,(H,24,28)(H,25,29). The van der Waals surface area contributed by atoms with Crippen molar-refractivity contribution in [1.82, 2.24) is 25.6 Å². The zero-order chi connectivity index (χ0) is 21.3. The highest BCUT2D eigenvalue weighted by Crippen LogP contribution is 2.15. The Morgan fingerprint density at radius 2 is 1.53 bits per heavy atom. The van der Waals surface area contributed by atoms with E-state index < -0.39 is 11.8 Å². The molecule has 4 aromatic rings. The van der Waals surface area contributed by atoms with Crippen molar-refractivity contribution < 1.29 is 9.59 Å². The number of benzene rings is 2. The van der Waals surface area contributed by atoms with Gasteiger partial charge in [-0.25, -0.2) is 9.67 Å². The molecule has 0 unspecified atom stereocenters. The maximum absolute atomic E-state index is 12.8. The Balaban J connectivity index is 1.60. The third-order valence-corrected chi connectivity index (χ3v) is 4.65. The van der Waals surface area contributed by atoms with Crippen LogP contribution in [0.15, 0.2) is 65.5 Å². The molecule has 2 heterocycles. The molecule has 0 saturated carbocycles. The van der Waals surface area contributed by atoms with Gasteiger partial charge in [0.25, 0.3) is 17.4 Å². The molecule has 2 N–H and O–H groups in total. The number of carbonyl (C=O) groups is 2. The molecular weight excluding hydrogens is 382 g/mol. The number of para-hydroxylation sites is 1. The van der Waals surface area contributed by atoms with Gasteiger partial charge in [0.1, 0.15) is 5.69 Å². The minimum absolute atomic E-state index is 0.0469. The van der Waals surface area contributed by atoms with Gasteiger partial charge in [0, 0.05) is 10.8 Å². The molecule has 0 spiro atoms. The van der Waals surface area contributed by atoms with Crippen LogP contribution in [0.2, 0.25) is 0 Å². The van der Waals surface area contributed by atoms with Crippen molar-refractivity contribution in [1.29, 1.82) is 0 Å². The summed E-state index contributed by atoms with van der Waals surface area (Å²) in [5.41, 5.74) is 5.34. The molecule has 0 bridgehead atoms. The third kappa shape index (κ3) is 3.50. The average molecular weight is 401 g/mol. The maximum Gasteiger partial charge on any atom is 0.290 e. The number of carbonyl (C=O) groups excluding carboxylic acids is 2. The Morgan fingerprint density at radius 1 is 0.867 bits per heavy atom. The maximum atomic E-state index is 12.8. The normalized spacial score (nSPS) is 11.0. The van der Waals surface area contributed by atoms with Crippen LogP contribution in [0.4, 0.5) is 0 Å². The lowest BCUT2D eigenvalue weighted by molar-refractivity contribution is 0.0841. The van der Waals surface area contributed by atoms with Crippen LogP contribution in [0, 0.1) is 0 Å². The van der Waals surface area contributed by atoms with Crippen LogP contribution in [0.3, 0.4) is 0 Å². The molecule has 0 aliphatic carbocycles. The topological polar surface area (TPSA) is 106 Å². The van der Waals surface area contributed by atoms with E-state index in [4.69, 9.17) is 0 Å². The summed E-state index contributed by atoms with van der Waals surface area (Å²) in [6.45, 7) is 3.61. The quantitative estimate of drug-likeness (QED) is 0.513. The molecule has 2 aromatic carbocycles. The molecule has 150 valence electrons. The van der Waals surface area contributed by atoms with Crippen molar-refractivity contribution in [2.24, 2.45) is 0 Å². The Bertz CT molecular complexity index is 1340. The highest BCUT2D eigenvalue weighted by molar-refractivity contribution is 6.06. The van der Waals surface area contributed by atoms with E-state index in [1.165, 1.54) is 4.68 Å². The Kier molecular flexibility index (Phi) is 4.97. The molecular formula is C22H19N5O3. The summed E-state index contributed by atoms with van der Waals surface area (Å²) < 4.78 is 1.25. The van der Waals surface area contributed by atoms with Gasteiger partial charge >= 0.3 is 0 Å². The zero-order valence-corrected chi connectivity index (χ0v) is 16.4. The number of fused-ring (bicyclic) bond motifs is 2. The first-order valence-electron chi connectivity index (χ1n) is 9.44. The Morgan fingerprint density at radius 3 is 2.30 bits per heavy atom. The molecule has 2 amide bonds. The van der Waals surface area contributed by atoms with E-state index in [9.17, 15) is 14.4 Å². The first kappa shape index (κ1) is 19.3. The minimum Gasteiger partial charge on any atom is -0.267 e. The predicted octanol–water partition coefficient (Wildman–Crippen LogP) is 2.60. The second-order valence-electron chi connectivity index (χ2n) is 7.04. The van der Waals surface area contributed by atoms with Crippen molar-refractivity contribution in [3.05, 3.63) is 82.4 Å². The fraction of sp³-hybridized carbons (Fsp3) is 0.136. The van der Waals surface area contributed by atoms with Crippen molar-refractivity contribution in [3.63, 3.8) is 0 Å². The SMILES string of the molecule is CC(C)n1nc(C(=O)NNC(=O)c2ccc3ccccc3n2)c2ccccc2c1=O. The van der Waals surface area contributed by atoms with Gasteiger partial charge < -0.3 is 0 Å². The first-order chi connectivity index (χ1) is 14.5. The number of nitrogens with zero attached hydrogens (tertiary/aromatic N) is 3. The number of aromatic nitrogens is 3. The lowest BCUT2D eigenvalue weighted by atomic mass is 10.1. The summed E-state index contributed by atoms with van der Waals surface area (Å²) in [6, 6.07) is 17.3. The highest BCUT2D eigenvalue weighted by atomic mass is 16.2. The molecule has 4 rings (SSSR count). The second kappa shape index (κ2) is 7.75. The van der Waals surface area contributed by atoms with Gasteiger partial charge in [-0.05, 0) is 32.0 Å². The minimum atomic E-state index is -0.630. The molecule has 0 radical (unpaired) electrons. The predicted molar refractivity (Wildman–Crippen MR) is 113 cm³/mol. The van der Waals surface area contributed by atoms with Crippen molar-refractivity contribution in [3.8, 4) is 0 Å². The van der Waals surface area contributed by atoms with Gasteiger partial charge in [0.15, 0.2) is 5.69 Å². The Hall–Kier alpha value is -4.07. The fourth-order valence-electron chi connectivity index (χ4n) is 3.15. The smallest absolute Gasteiger partial charge is 0.267 e. The van der Waals surface area contributed by atoms with Gasteiger partial charge in [-0.3, -0.25) is 25.2 Å². The number of hydrogen-bond acceptors (Lipinski definition) is 5. The molecule has 30 heavy (non-hydrogen) atoms. The average Bonchev–Trinajstić information content (AvgIpc) is 2.77. The number of hydrogen-bond donors (Lipinski definition) is 2. The molecule has 2 aromatic heterocycles. The first-order valence-corrected chi connectivity index (χ1v) is 9.44. The van der Waals surface area contributed by atoms with E-state index in [-0.39, 0.29) is 23.0 Å². The van der Waals surface area contributed by atoms with Crippen LogP contribution in [0.25, 0.3) is 21.7 Å². The van der Waals surface area contributed by atoms with E-state index >= 15 is 0 Å². The molecule has 8 heteroatoms. The van der Waals surface area contributed by atoms with Crippen molar-refractivity contribution >= 4 is 33.5 Å². The summed E-state index contributed by atoms with van der Waals surface area (Å²) in [5.74, 6) is -1.19. The molecule has 0 atom stereocenters. The van der Waals surface area contributed by atoms with Gasteiger partial charge in [0.05, 0.1) is 16.9 Å². The highest BCUT2D eigenvalue weighted by Gasteiger charge is 2.18. The molecule has 0 aliphatic rings. The van der Waals surface area contributed by atoms with Crippen LogP contribution in [-0.2, 0) is 0 Å². The molecule has 0 aliphatic heterocycles. The summed E-state index contributed by atoms with van der Waals surface area (Å²) in [6.07, 6.45) is 0. The van der Waals surface area contributed by atoms with E-state index in [2.05, 4.69) is 20.9 Å². The van der Waals surface area contributed by atoms with Gasteiger partial charge in [-0.15, -0.1) is 0 Å². The van der Waals surface area contributed by atoms with Gasteiger partial charge in [-0.2, -0.15) is 5.10 Å². The van der Waals surface area contributed by atoms with Crippen LogP contribution < -0.4 is 16.4 Å². The van der Waals surface area contributed by atoms with Crippen LogP contribution in [0.1, 0.15) is 40.9 Å². The molecule has 8 nitrogen and oxygen atoms in total. The summed E-state index contributed by atoms with van der Waals surface area (Å²) in [7, 11) is 0. The number of amides is 2. The van der Waals surface area contributed by atoms with E-state index in [0.29, 0.717) is 16.3 Å². The second-order valence-corrected chi connectivity index (χ2v) is 7.04. The van der Waals surface area contributed by atoms with E-state index in [1.807, 2.05) is 18.2 Å². The van der Waals surface area contributed by atoms with Crippen LogP contribution in [0.5, 0.6) is 0 Å². The number of rotatable bonds is 3. The number of nitrogens with one attached hydrogen (secondary N) is 2. The van der Waals surface area contributed by atoms with Crippen LogP contribution >= 0.6 is 0 Å². The van der Waals surface area contributed by atoms with Crippen molar-refractivity contribution in [2.45, 2.75) is 19.9 Å². The summed E-state index contributed by atoms with van der Waals surface area (Å²) in [4.78, 5) is 42.1. The van der Waals surface area contributed by atoms with E-state index in [1.54, 1.807) is 56.3 Å². The van der Waals surface area contributed by atoms with Gasteiger partial charge in [-0.1, -0.05) is 42.5 Å². The largest absolute Gasteiger partial charge is 0.290 e. The summed E-state index contributed by atoms with van der Waals surface area (Å²) >= 11 is 0. The lowest BCUT2D eigenvalue weighted by Crippen LogP contribution is -2.43. The third-order valence-electron chi connectivity index (χ3n) is 4.65. The molecule has 0 saturated heterocycles. The Labute approximate surface area is 171 Å².